The third kappa shape index (κ3) is 5.33. The molecule has 2 aromatic carbocycles. The van der Waals surface area contributed by atoms with Crippen molar-refractivity contribution in [2.75, 3.05) is 16.8 Å². The van der Waals surface area contributed by atoms with E-state index < -0.39 is 33.9 Å². The Balaban J connectivity index is 1.42. The van der Waals surface area contributed by atoms with Crippen LogP contribution in [0.3, 0.4) is 0 Å². The zero-order valence-electron chi connectivity index (χ0n) is 18.6. The van der Waals surface area contributed by atoms with Gasteiger partial charge in [-0.05, 0) is 25.0 Å². The van der Waals surface area contributed by atoms with E-state index in [1.807, 2.05) is 42.5 Å². The fourth-order valence-corrected chi connectivity index (χ4v) is 5.64. The van der Waals surface area contributed by atoms with Gasteiger partial charge in [-0.25, -0.2) is 18.2 Å². The van der Waals surface area contributed by atoms with E-state index in [9.17, 15) is 22.8 Å². The number of sulfone groups is 1. The number of carbonyl (C=O) groups is 3. The molecular formula is C24H25N3O6S. The minimum absolute atomic E-state index is 0.00627. The second-order valence-electron chi connectivity index (χ2n) is 8.29. The lowest BCUT2D eigenvalue weighted by Crippen LogP contribution is -2.42. The van der Waals surface area contributed by atoms with E-state index in [2.05, 4.69) is 10.4 Å². The minimum atomic E-state index is -3.22. The maximum absolute atomic E-state index is 12.8. The fraction of sp³-hybridized carbons (Fsp3) is 0.333. The predicted molar refractivity (Wildman–Crippen MR) is 127 cm³/mol. The molecule has 4 rings (SSSR count). The third-order valence-corrected chi connectivity index (χ3v) is 7.52. The average molecular weight is 484 g/mol. The lowest BCUT2D eigenvalue weighted by atomic mass is 10.0. The maximum Gasteiger partial charge on any atom is 0.355 e. The molecule has 2 aliphatic heterocycles. The molecule has 1 N–H and O–H groups in total. The zero-order valence-corrected chi connectivity index (χ0v) is 19.5. The monoisotopic (exact) mass is 483 g/mol. The Morgan fingerprint density at radius 2 is 1.79 bits per heavy atom. The van der Waals surface area contributed by atoms with Crippen LogP contribution in [0.5, 0.6) is 0 Å². The average Bonchev–Trinajstić information content (AvgIpc) is 3.19. The summed E-state index contributed by atoms with van der Waals surface area (Å²) in [5.41, 5.74) is 2.33. The molecule has 0 unspecified atom stereocenters. The number of nitrogens with zero attached hydrogens (tertiary/aromatic N) is 2. The van der Waals surface area contributed by atoms with Crippen molar-refractivity contribution >= 4 is 39.0 Å². The van der Waals surface area contributed by atoms with E-state index in [0.717, 1.165) is 16.1 Å². The Morgan fingerprint density at radius 3 is 2.50 bits per heavy atom. The number of ether oxygens (including phenoxy) is 1. The standard InChI is InChI=1S/C24H25N3O6S/c1-16(23(29)25-20-10-6-5-9-19(20)17-7-3-2-4-8-17)33-24(30)21-11-12-22(28)27(26-21)18-13-14-34(31,32)15-18/h2-10,16,18H,11-15H2,1H3,(H,25,29)/t16-,18+/m1/s1. The van der Waals surface area contributed by atoms with Gasteiger partial charge >= 0.3 is 5.97 Å². The highest BCUT2D eigenvalue weighted by Gasteiger charge is 2.38. The molecule has 0 bridgehead atoms. The van der Waals surface area contributed by atoms with Crippen molar-refractivity contribution in [2.24, 2.45) is 5.10 Å². The predicted octanol–water partition coefficient (Wildman–Crippen LogP) is 2.39. The first kappa shape index (κ1) is 23.6. The number of esters is 1. The van der Waals surface area contributed by atoms with Crippen molar-refractivity contribution < 1.29 is 27.5 Å². The third-order valence-electron chi connectivity index (χ3n) is 5.77. The molecule has 10 heteroatoms. The Kier molecular flexibility index (Phi) is 6.78. The molecule has 2 aromatic rings. The lowest BCUT2D eigenvalue weighted by Gasteiger charge is -2.27. The highest BCUT2D eigenvalue weighted by atomic mass is 32.2. The number of carbonyl (C=O) groups excluding carboxylic acids is 3. The molecule has 178 valence electrons. The first-order valence-corrected chi connectivity index (χ1v) is 12.8. The highest BCUT2D eigenvalue weighted by molar-refractivity contribution is 7.91. The van der Waals surface area contributed by atoms with Crippen molar-refractivity contribution in [1.29, 1.82) is 0 Å². The quantitative estimate of drug-likeness (QED) is 0.630. The van der Waals surface area contributed by atoms with E-state index in [0.29, 0.717) is 5.69 Å². The van der Waals surface area contributed by atoms with Gasteiger partial charge in [0.05, 0.1) is 17.5 Å². The van der Waals surface area contributed by atoms with Crippen LogP contribution in [0.2, 0.25) is 0 Å². The van der Waals surface area contributed by atoms with Crippen molar-refractivity contribution in [3.8, 4) is 11.1 Å². The number of hydrazone groups is 1. The van der Waals surface area contributed by atoms with Gasteiger partial charge in [0.2, 0.25) is 5.91 Å². The van der Waals surface area contributed by atoms with Crippen LogP contribution in [0, 0.1) is 0 Å². The van der Waals surface area contributed by atoms with Gasteiger partial charge in [-0.1, -0.05) is 48.5 Å². The lowest BCUT2D eigenvalue weighted by molar-refractivity contribution is -0.147. The van der Waals surface area contributed by atoms with E-state index in [4.69, 9.17) is 4.74 Å². The van der Waals surface area contributed by atoms with Crippen LogP contribution in [0.1, 0.15) is 26.2 Å². The summed E-state index contributed by atoms with van der Waals surface area (Å²) in [5, 5.41) is 7.98. The summed E-state index contributed by atoms with van der Waals surface area (Å²) in [6.45, 7) is 1.45. The molecule has 1 saturated heterocycles. The Morgan fingerprint density at radius 1 is 1.09 bits per heavy atom. The fourth-order valence-electron chi connectivity index (χ4n) is 3.95. The van der Waals surface area contributed by atoms with Gasteiger partial charge < -0.3 is 10.1 Å². The molecule has 0 aliphatic carbocycles. The molecule has 34 heavy (non-hydrogen) atoms. The van der Waals surface area contributed by atoms with Crippen LogP contribution in [0.4, 0.5) is 5.69 Å². The largest absolute Gasteiger partial charge is 0.448 e. The van der Waals surface area contributed by atoms with Gasteiger partial charge in [-0.15, -0.1) is 0 Å². The number of benzene rings is 2. The van der Waals surface area contributed by atoms with E-state index in [-0.39, 0.29) is 42.4 Å². The maximum atomic E-state index is 12.8. The molecule has 2 aliphatic rings. The number of rotatable bonds is 6. The van der Waals surface area contributed by atoms with Crippen molar-refractivity contribution in [3.63, 3.8) is 0 Å². The van der Waals surface area contributed by atoms with Crippen LogP contribution in [0.15, 0.2) is 59.7 Å². The summed E-state index contributed by atoms with van der Waals surface area (Å²) in [5.74, 6) is -1.84. The van der Waals surface area contributed by atoms with Gasteiger partial charge in [0.1, 0.15) is 5.71 Å². The van der Waals surface area contributed by atoms with Crippen LogP contribution in [-0.2, 0) is 29.0 Å². The molecule has 9 nitrogen and oxygen atoms in total. The second kappa shape index (κ2) is 9.76. The molecule has 2 heterocycles. The number of hydrogen-bond acceptors (Lipinski definition) is 7. The molecule has 0 saturated carbocycles. The van der Waals surface area contributed by atoms with Gasteiger partial charge in [0.25, 0.3) is 5.91 Å². The Hall–Kier alpha value is -3.53. The van der Waals surface area contributed by atoms with Crippen LogP contribution < -0.4 is 5.32 Å². The van der Waals surface area contributed by atoms with E-state index in [1.54, 1.807) is 12.1 Å². The molecule has 2 atom stereocenters. The van der Waals surface area contributed by atoms with Crippen LogP contribution >= 0.6 is 0 Å². The van der Waals surface area contributed by atoms with Crippen molar-refractivity contribution in [1.82, 2.24) is 5.01 Å². The topological polar surface area (TPSA) is 122 Å². The van der Waals surface area contributed by atoms with Gasteiger partial charge in [-0.2, -0.15) is 5.10 Å². The van der Waals surface area contributed by atoms with Crippen LogP contribution in [0.25, 0.3) is 11.1 Å². The van der Waals surface area contributed by atoms with Crippen molar-refractivity contribution in [2.45, 2.75) is 38.3 Å². The smallest absolute Gasteiger partial charge is 0.355 e. The highest BCUT2D eigenvalue weighted by Crippen LogP contribution is 2.28. The Bertz CT molecular complexity index is 1240. The number of anilines is 1. The summed E-state index contributed by atoms with van der Waals surface area (Å²) >= 11 is 0. The summed E-state index contributed by atoms with van der Waals surface area (Å²) in [4.78, 5) is 37.7. The summed E-state index contributed by atoms with van der Waals surface area (Å²) < 4.78 is 28.9. The van der Waals surface area contributed by atoms with E-state index in [1.165, 1.54) is 6.92 Å². The number of para-hydroxylation sites is 1. The molecule has 2 amide bonds. The SMILES string of the molecule is C[C@@H](OC(=O)C1=NN([C@H]2CCS(=O)(=O)C2)C(=O)CC1)C(=O)Nc1ccccc1-c1ccccc1. The zero-order chi connectivity index (χ0) is 24.3. The molecule has 0 radical (unpaired) electrons. The summed E-state index contributed by atoms with van der Waals surface area (Å²) in [6, 6.07) is 16.3. The van der Waals surface area contributed by atoms with Crippen LogP contribution in [-0.4, -0.2) is 60.6 Å². The molecule has 0 spiro atoms. The van der Waals surface area contributed by atoms with Gasteiger partial charge in [-0.3, -0.25) is 9.59 Å². The van der Waals surface area contributed by atoms with Crippen molar-refractivity contribution in [3.05, 3.63) is 54.6 Å². The second-order valence-corrected chi connectivity index (χ2v) is 10.5. The molecular weight excluding hydrogens is 458 g/mol. The Labute approximate surface area is 197 Å². The minimum Gasteiger partial charge on any atom is -0.448 e. The number of nitrogens with one attached hydrogen (secondary N) is 1. The molecule has 1 fully saturated rings. The summed E-state index contributed by atoms with van der Waals surface area (Å²) in [7, 11) is -3.22. The van der Waals surface area contributed by atoms with E-state index >= 15 is 0 Å². The number of hydrogen-bond donors (Lipinski definition) is 1. The van der Waals surface area contributed by atoms with Gasteiger partial charge in [0, 0.05) is 24.1 Å². The first-order valence-electron chi connectivity index (χ1n) is 11.0. The molecule has 0 aromatic heterocycles. The normalized spacial score (nSPS) is 20.4. The van der Waals surface area contributed by atoms with Gasteiger partial charge in [0.15, 0.2) is 15.9 Å². The summed E-state index contributed by atoms with van der Waals surface area (Å²) in [6.07, 6.45) is -0.745. The number of amides is 2. The first-order chi connectivity index (χ1) is 16.2.